The van der Waals surface area contributed by atoms with Crippen molar-refractivity contribution in [2.45, 2.75) is 45.2 Å². The molecule has 2 rings (SSSR count). The highest BCUT2D eigenvalue weighted by molar-refractivity contribution is 6.62. The van der Waals surface area contributed by atoms with Gasteiger partial charge >= 0.3 is 7.12 Å². The smallest absolute Gasteiger partial charge is 0.399 e. The maximum atomic E-state index is 6.05. The van der Waals surface area contributed by atoms with Crippen molar-refractivity contribution in [2.24, 2.45) is 0 Å². The highest BCUT2D eigenvalue weighted by Crippen LogP contribution is 2.37. The molecule has 1 aliphatic rings. The molecular formula is C14H21BClNO4. The molecule has 0 aliphatic carbocycles. The van der Waals surface area contributed by atoms with Crippen molar-refractivity contribution >= 4 is 24.2 Å². The quantitative estimate of drug-likeness (QED) is 0.485. The Labute approximate surface area is 131 Å². The molecule has 21 heavy (non-hydrogen) atoms. The summed E-state index contributed by atoms with van der Waals surface area (Å²) in [5.41, 5.74) is 0.652. The van der Waals surface area contributed by atoms with Gasteiger partial charge < -0.3 is 18.8 Å². The molecule has 0 saturated carbocycles. The van der Waals surface area contributed by atoms with Crippen LogP contribution in [0, 0.1) is 0 Å². The molecule has 1 fully saturated rings. The van der Waals surface area contributed by atoms with Gasteiger partial charge in [-0.3, -0.25) is 0 Å². The summed E-state index contributed by atoms with van der Waals surface area (Å²) in [6.07, 6.45) is 1.09. The SMILES string of the molecule is COC(OC)c1cc(Cl)ncc1B1OC(C)(C)C(C)(C)O1. The van der Waals surface area contributed by atoms with Crippen LogP contribution in [0.2, 0.25) is 5.15 Å². The molecule has 0 atom stereocenters. The fourth-order valence-electron chi connectivity index (χ4n) is 2.18. The molecule has 0 unspecified atom stereocenters. The Balaban J connectivity index is 2.41. The maximum absolute atomic E-state index is 6.05. The average molecular weight is 314 g/mol. The highest BCUT2D eigenvalue weighted by atomic mass is 35.5. The fourth-order valence-corrected chi connectivity index (χ4v) is 2.34. The van der Waals surface area contributed by atoms with Crippen LogP contribution in [0.25, 0.3) is 0 Å². The van der Waals surface area contributed by atoms with Crippen molar-refractivity contribution in [1.29, 1.82) is 0 Å². The van der Waals surface area contributed by atoms with Crippen LogP contribution in [0.3, 0.4) is 0 Å². The molecule has 0 N–H and O–H groups in total. The monoisotopic (exact) mass is 313 g/mol. The second-order valence-electron chi connectivity index (χ2n) is 6.03. The predicted molar refractivity (Wildman–Crippen MR) is 81.7 cm³/mol. The number of pyridine rings is 1. The van der Waals surface area contributed by atoms with Crippen LogP contribution in [0.5, 0.6) is 0 Å². The van der Waals surface area contributed by atoms with Crippen LogP contribution in [-0.2, 0) is 18.8 Å². The second kappa shape index (κ2) is 5.86. The standard InChI is InChI=1S/C14H21BClNO4/c1-13(2)14(3,4)21-15(20-13)10-8-17-11(16)7-9(10)12(18-5)19-6/h7-8,12H,1-6H3. The zero-order valence-corrected chi connectivity index (χ0v) is 14.0. The molecule has 5 nitrogen and oxygen atoms in total. The number of hydrogen-bond acceptors (Lipinski definition) is 5. The summed E-state index contributed by atoms with van der Waals surface area (Å²) < 4.78 is 22.8. The molecule has 1 aromatic heterocycles. The largest absolute Gasteiger partial charge is 0.496 e. The third-order valence-electron chi connectivity index (χ3n) is 4.12. The van der Waals surface area contributed by atoms with Gasteiger partial charge in [0.05, 0.1) is 11.2 Å². The molecule has 0 radical (unpaired) electrons. The van der Waals surface area contributed by atoms with E-state index in [1.54, 1.807) is 26.5 Å². The molecule has 0 bridgehead atoms. The Morgan fingerprint density at radius 1 is 1.14 bits per heavy atom. The summed E-state index contributed by atoms with van der Waals surface area (Å²) in [6, 6.07) is 1.71. The molecule has 1 saturated heterocycles. The van der Waals surface area contributed by atoms with Crippen molar-refractivity contribution in [3.63, 3.8) is 0 Å². The minimum Gasteiger partial charge on any atom is -0.399 e. The van der Waals surface area contributed by atoms with Gasteiger partial charge in [-0.05, 0) is 33.8 Å². The van der Waals surface area contributed by atoms with Gasteiger partial charge in [-0.25, -0.2) is 4.98 Å². The Hall–Kier alpha value is -0.655. The number of halogens is 1. The van der Waals surface area contributed by atoms with Gasteiger partial charge in [-0.2, -0.15) is 0 Å². The molecule has 0 amide bonds. The molecular weight excluding hydrogens is 292 g/mol. The van der Waals surface area contributed by atoms with E-state index in [-0.39, 0.29) is 0 Å². The summed E-state index contributed by atoms with van der Waals surface area (Å²) in [4.78, 5) is 4.13. The third kappa shape index (κ3) is 3.10. The van der Waals surface area contributed by atoms with Crippen LogP contribution in [0.1, 0.15) is 39.5 Å². The molecule has 0 aromatic carbocycles. The lowest BCUT2D eigenvalue weighted by molar-refractivity contribution is -0.105. The zero-order valence-electron chi connectivity index (χ0n) is 13.3. The van der Waals surface area contributed by atoms with Crippen molar-refractivity contribution in [1.82, 2.24) is 4.98 Å². The van der Waals surface area contributed by atoms with Gasteiger partial charge in [0, 0.05) is 31.4 Å². The van der Waals surface area contributed by atoms with Crippen molar-refractivity contribution in [3.8, 4) is 0 Å². The first kappa shape index (κ1) is 16.7. The summed E-state index contributed by atoms with van der Waals surface area (Å²) >= 11 is 5.99. The molecule has 1 aromatic rings. The summed E-state index contributed by atoms with van der Waals surface area (Å²) in [5.74, 6) is 0. The Morgan fingerprint density at radius 2 is 1.67 bits per heavy atom. The van der Waals surface area contributed by atoms with E-state index in [1.807, 2.05) is 27.7 Å². The van der Waals surface area contributed by atoms with Gasteiger partial charge in [0.25, 0.3) is 0 Å². The summed E-state index contributed by atoms with van der Waals surface area (Å²) in [7, 11) is 2.59. The number of nitrogens with zero attached hydrogens (tertiary/aromatic N) is 1. The highest BCUT2D eigenvalue weighted by Gasteiger charge is 2.52. The van der Waals surface area contributed by atoms with Gasteiger partial charge in [0.2, 0.25) is 0 Å². The van der Waals surface area contributed by atoms with E-state index in [9.17, 15) is 0 Å². The van der Waals surface area contributed by atoms with E-state index in [1.165, 1.54) is 0 Å². The number of ether oxygens (including phenoxy) is 2. The van der Waals surface area contributed by atoms with Crippen LogP contribution >= 0.6 is 11.6 Å². The normalized spacial score (nSPS) is 20.3. The van der Waals surface area contributed by atoms with Crippen molar-refractivity contribution in [2.75, 3.05) is 14.2 Å². The number of methoxy groups -OCH3 is 2. The Bertz CT molecular complexity index is 504. The third-order valence-corrected chi connectivity index (χ3v) is 4.33. The Kier molecular flexibility index (Phi) is 4.66. The first-order valence-corrected chi connectivity index (χ1v) is 7.16. The lowest BCUT2D eigenvalue weighted by Crippen LogP contribution is -2.41. The van der Waals surface area contributed by atoms with Crippen molar-refractivity contribution < 1.29 is 18.8 Å². The van der Waals surface area contributed by atoms with E-state index < -0.39 is 24.6 Å². The van der Waals surface area contributed by atoms with Crippen LogP contribution in [0.15, 0.2) is 12.3 Å². The molecule has 116 valence electrons. The van der Waals surface area contributed by atoms with Crippen LogP contribution in [0.4, 0.5) is 0 Å². The lowest BCUT2D eigenvalue weighted by Gasteiger charge is -2.32. The molecule has 7 heteroatoms. The fraction of sp³-hybridized carbons (Fsp3) is 0.643. The van der Waals surface area contributed by atoms with E-state index in [4.69, 9.17) is 30.4 Å². The average Bonchev–Trinajstić information content (AvgIpc) is 2.60. The number of rotatable bonds is 4. The van der Waals surface area contributed by atoms with Gasteiger partial charge in [-0.15, -0.1) is 0 Å². The predicted octanol–water partition coefficient (Wildman–Crippen LogP) is 2.33. The maximum Gasteiger partial charge on any atom is 0.496 e. The Morgan fingerprint density at radius 3 is 2.14 bits per heavy atom. The summed E-state index contributed by atoms with van der Waals surface area (Å²) in [6.45, 7) is 8.00. The molecule has 1 aliphatic heterocycles. The van der Waals surface area contributed by atoms with E-state index in [2.05, 4.69) is 4.98 Å². The minimum atomic E-state index is -0.556. The van der Waals surface area contributed by atoms with Gasteiger partial charge in [0.15, 0.2) is 6.29 Å². The van der Waals surface area contributed by atoms with Gasteiger partial charge in [0.1, 0.15) is 5.15 Å². The van der Waals surface area contributed by atoms with E-state index >= 15 is 0 Å². The molecule has 2 heterocycles. The van der Waals surface area contributed by atoms with Crippen molar-refractivity contribution in [3.05, 3.63) is 23.0 Å². The molecule has 0 spiro atoms. The summed E-state index contributed by atoms with van der Waals surface area (Å²) in [5, 5.41) is 0.365. The van der Waals surface area contributed by atoms with Crippen LogP contribution in [-0.4, -0.2) is 37.5 Å². The van der Waals surface area contributed by atoms with Gasteiger partial charge in [-0.1, -0.05) is 11.6 Å². The zero-order chi connectivity index (χ0) is 15.8. The first-order valence-electron chi connectivity index (χ1n) is 6.78. The number of hydrogen-bond donors (Lipinski definition) is 0. The lowest BCUT2D eigenvalue weighted by atomic mass is 9.77. The number of aromatic nitrogens is 1. The topological polar surface area (TPSA) is 49.8 Å². The van der Waals surface area contributed by atoms with Crippen LogP contribution < -0.4 is 5.46 Å². The first-order chi connectivity index (χ1) is 9.71. The van der Waals surface area contributed by atoms with E-state index in [0.29, 0.717) is 5.15 Å². The minimum absolute atomic E-state index is 0.365. The van der Waals surface area contributed by atoms with E-state index in [0.717, 1.165) is 11.0 Å². The second-order valence-corrected chi connectivity index (χ2v) is 6.41.